The van der Waals surface area contributed by atoms with Crippen molar-refractivity contribution in [3.63, 3.8) is 0 Å². The Morgan fingerprint density at radius 1 is 1.24 bits per heavy atom. The third-order valence-corrected chi connectivity index (χ3v) is 2.11. The van der Waals surface area contributed by atoms with Crippen LogP contribution in [0.3, 0.4) is 0 Å². The SMILES string of the molecule is CCCCOC(OCCCC)C(O)NC(N)=O. The first-order valence-corrected chi connectivity index (χ1v) is 6.09. The number of urea groups is 1. The number of primary amides is 1. The molecule has 6 heteroatoms. The molecule has 0 aliphatic heterocycles. The molecule has 1 unspecified atom stereocenters. The van der Waals surface area contributed by atoms with Gasteiger partial charge in [0.05, 0.1) is 0 Å². The van der Waals surface area contributed by atoms with E-state index in [9.17, 15) is 9.90 Å². The van der Waals surface area contributed by atoms with Crippen LogP contribution in [0.5, 0.6) is 0 Å². The highest BCUT2D eigenvalue weighted by Crippen LogP contribution is 2.03. The number of amides is 2. The average molecular weight is 248 g/mol. The first-order valence-electron chi connectivity index (χ1n) is 6.09. The Balaban J connectivity index is 4.02. The lowest BCUT2D eigenvalue weighted by molar-refractivity contribution is -0.199. The lowest BCUT2D eigenvalue weighted by Gasteiger charge is -2.23. The molecule has 0 rings (SSSR count). The van der Waals surface area contributed by atoms with Gasteiger partial charge in [-0.15, -0.1) is 0 Å². The number of rotatable bonds is 10. The van der Waals surface area contributed by atoms with Gasteiger partial charge in [0.2, 0.25) is 6.29 Å². The van der Waals surface area contributed by atoms with Crippen molar-refractivity contribution in [2.75, 3.05) is 13.2 Å². The van der Waals surface area contributed by atoms with Crippen LogP contribution < -0.4 is 11.1 Å². The molecule has 0 aliphatic carbocycles. The number of unbranched alkanes of at least 4 members (excludes halogenated alkanes) is 2. The summed E-state index contributed by atoms with van der Waals surface area (Å²) in [6.07, 6.45) is 1.62. The summed E-state index contributed by atoms with van der Waals surface area (Å²) in [6.45, 7) is 5.03. The van der Waals surface area contributed by atoms with Crippen molar-refractivity contribution in [2.24, 2.45) is 5.73 Å². The van der Waals surface area contributed by atoms with Gasteiger partial charge in [0.15, 0.2) is 6.23 Å². The van der Waals surface area contributed by atoms with Crippen molar-refractivity contribution in [3.8, 4) is 0 Å². The maximum absolute atomic E-state index is 10.6. The summed E-state index contributed by atoms with van der Waals surface area (Å²) in [6, 6.07) is -0.805. The van der Waals surface area contributed by atoms with Crippen LogP contribution in [0.4, 0.5) is 4.79 Å². The van der Waals surface area contributed by atoms with E-state index in [1.54, 1.807) is 0 Å². The van der Waals surface area contributed by atoms with Crippen LogP contribution in [0.1, 0.15) is 39.5 Å². The lowest BCUT2D eigenvalue weighted by atomic mass is 10.3. The van der Waals surface area contributed by atoms with Crippen LogP contribution in [0.2, 0.25) is 0 Å². The molecule has 4 N–H and O–H groups in total. The molecule has 0 heterocycles. The Morgan fingerprint density at radius 3 is 2.06 bits per heavy atom. The highest BCUT2D eigenvalue weighted by Gasteiger charge is 2.21. The van der Waals surface area contributed by atoms with E-state index in [4.69, 9.17) is 15.2 Å². The van der Waals surface area contributed by atoms with Gasteiger partial charge in [-0.05, 0) is 12.8 Å². The van der Waals surface area contributed by atoms with Crippen molar-refractivity contribution >= 4 is 6.03 Å². The van der Waals surface area contributed by atoms with Crippen LogP contribution in [0.25, 0.3) is 0 Å². The molecule has 0 saturated carbocycles. The van der Waals surface area contributed by atoms with Gasteiger partial charge in [0.1, 0.15) is 0 Å². The molecule has 6 nitrogen and oxygen atoms in total. The highest BCUT2D eigenvalue weighted by atomic mass is 16.7. The molecule has 0 aromatic carbocycles. The summed E-state index contributed by atoms with van der Waals surface area (Å²) in [4.78, 5) is 10.6. The molecule has 2 amide bonds. The normalized spacial score (nSPS) is 12.7. The molecule has 0 fully saturated rings. The van der Waals surface area contributed by atoms with Crippen molar-refractivity contribution in [3.05, 3.63) is 0 Å². The Hall–Kier alpha value is -0.850. The van der Waals surface area contributed by atoms with Crippen LogP contribution in [-0.2, 0) is 9.47 Å². The Morgan fingerprint density at radius 2 is 1.71 bits per heavy atom. The zero-order valence-electron chi connectivity index (χ0n) is 10.6. The van der Waals surface area contributed by atoms with Gasteiger partial charge in [-0.2, -0.15) is 0 Å². The number of ether oxygens (including phenoxy) is 2. The predicted molar refractivity (Wildman–Crippen MR) is 64.2 cm³/mol. The second-order valence-corrected chi connectivity index (χ2v) is 3.77. The molecule has 0 aliphatic rings. The minimum atomic E-state index is -1.23. The zero-order valence-corrected chi connectivity index (χ0v) is 10.6. The van der Waals surface area contributed by atoms with Crippen LogP contribution in [0, 0.1) is 0 Å². The smallest absolute Gasteiger partial charge is 0.314 e. The molecule has 0 radical (unpaired) electrons. The zero-order chi connectivity index (χ0) is 13.1. The van der Waals surface area contributed by atoms with Crippen LogP contribution >= 0.6 is 0 Å². The number of aliphatic hydroxyl groups excluding tert-OH is 1. The fraction of sp³-hybridized carbons (Fsp3) is 0.909. The van der Waals surface area contributed by atoms with Crippen molar-refractivity contribution in [1.29, 1.82) is 0 Å². The fourth-order valence-corrected chi connectivity index (χ4v) is 1.13. The van der Waals surface area contributed by atoms with Crippen LogP contribution in [0.15, 0.2) is 0 Å². The number of hydrogen-bond donors (Lipinski definition) is 3. The van der Waals surface area contributed by atoms with Gasteiger partial charge in [-0.3, -0.25) is 0 Å². The monoisotopic (exact) mass is 248 g/mol. The second kappa shape index (κ2) is 10.3. The van der Waals surface area contributed by atoms with E-state index in [2.05, 4.69) is 5.32 Å². The topological polar surface area (TPSA) is 93.8 Å². The Bertz CT molecular complexity index is 192. The molecular formula is C11H24N2O4. The number of nitrogens with one attached hydrogen (secondary N) is 1. The Labute approximate surface area is 102 Å². The molecule has 0 saturated heterocycles. The first-order chi connectivity index (χ1) is 8.11. The summed E-state index contributed by atoms with van der Waals surface area (Å²) in [5, 5.41) is 11.8. The van der Waals surface area contributed by atoms with Gasteiger partial charge in [0, 0.05) is 13.2 Å². The molecule has 1 atom stereocenters. The summed E-state index contributed by atoms with van der Waals surface area (Å²) >= 11 is 0. The van der Waals surface area contributed by atoms with E-state index >= 15 is 0 Å². The largest absolute Gasteiger partial charge is 0.369 e. The van der Waals surface area contributed by atoms with Crippen molar-refractivity contribution < 1.29 is 19.4 Å². The highest BCUT2D eigenvalue weighted by molar-refractivity contribution is 5.71. The molecule has 0 spiro atoms. The van der Waals surface area contributed by atoms with Gasteiger partial charge in [-0.25, -0.2) is 4.79 Å². The van der Waals surface area contributed by atoms with Crippen molar-refractivity contribution in [1.82, 2.24) is 5.32 Å². The third kappa shape index (κ3) is 8.91. The van der Waals surface area contributed by atoms with E-state index in [0.717, 1.165) is 25.7 Å². The van der Waals surface area contributed by atoms with Gasteiger partial charge in [0.25, 0.3) is 0 Å². The van der Waals surface area contributed by atoms with E-state index in [-0.39, 0.29) is 0 Å². The van der Waals surface area contributed by atoms with Gasteiger partial charge < -0.3 is 25.6 Å². The summed E-state index contributed by atoms with van der Waals surface area (Å²) < 4.78 is 10.7. The Kier molecular flexibility index (Phi) is 9.80. The second-order valence-electron chi connectivity index (χ2n) is 3.77. The number of carbonyl (C=O) groups excluding carboxylic acids is 1. The molecule has 0 aromatic heterocycles. The van der Waals surface area contributed by atoms with Crippen molar-refractivity contribution in [2.45, 2.75) is 52.0 Å². The summed E-state index contributed by atoms with van der Waals surface area (Å²) in [5.74, 6) is 0. The predicted octanol–water partition coefficient (Wildman–Crippen LogP) is 0.933. The average Bonchev–Trinajstić information content (AvgIpc) is 2.26. The molecule has 102 valence electrons. The third-order valence-electron chi connectivity index (χ3n) is 2.11. The van der Waals surface area contributed by atoms with Gasteiger partial charge in [-0.1, -0.05) is 26.7 Å². The van der Waals surface area contributed by atoms with E-state index in [1.165, 1.54) is 0 Å². The van der Waals surface area contributed by atoms with E-state index in [0.29, 0.717) is 13.2 Å². The maximum atomic E-state index is 10.6. The molecule has 17 heavy (non-hydrogen) atoms. The standard InChI is InChI=1S/C11H24N2O4/c1-3-5-7-16-10(17-8-6-4-2)9(14)13-11(12)15/h9-10,14H,3-8H2,1-2H3,(H3,12,13,15). The van der Waals surface area contributed by atoms with Crippen LogP contribution in [-0.4, -0.2) is 36.9 Å². The van der Waals surface area contributed by atoms with E-state index < -0.39 is 18.5 Å². The fourth-order valence-electron chi connectivity index (χ4n) is 1.13. The van der Waals surface area contributed by atoms with E-state index in [1.807, 2.05) is 13.8 Å². The number of nitrogens with two attached hydrogens (primary N) is 1. The molecule has 0 bridgehead atoms. The number of carbonyl (C=O) groups is 1. The number of aliphatic hydroxyl groups is 1. The minimum absolute atomic E-state index is 0.477. The quantitative estimate of drug-likeness (QED) is 0.396. The van der Waals surface area contributed by atoms with Gasteiger partial charge >= 0.3 is 6.03 Å². The maximum Gasteiger partial charge on any atom is 0.314 e. The summed E-state index contributed by atoms with van der Waals surface area (Å²) in [5.41, 5.74) is 4.92. The molecular weight excluding hydrogens is 224 g/mol. The minimum Gasteiger partial charge on any atom is -0.369 e. The lowest BCUT2D eigenvalue weighted by Crippen LogP contribution is -2.48. The summed E-state index contributed by atoms with van der Waals surface area (Å²) in [7, 11) is 0. The first kappa shape index (κ1) is 16.1. The number of hydrogen-bond acceptors (Lipinski definition) is 4. The molecule has 0 aromatic rings.